The van der Waals surface area contributed by atoms with Crippen molar-refractivity contribution in [1.82, 2.24) is 14.9 Å². The van der Waals surface area contributed by atoms with Crippen LogP contribution < -0.4 is 5.32 Å². The third-order valence-electron chi connectivity index (χ3n) is 7.30. The Kier molecular flexibility index (Phi) is 5.51. The number of anilines is 1. The molecule has 1 aromatic carbocycles. The first-order valence-corrected chi connectivity index (χ1v) is 12.8. The molecular formula is C27H32N4O2S. The van der Waals surface area contributed by atoms with Gasteiger partial charge in [-0.3, -0.25) is 9.59 Å². The number of hydrogen-bond donors (Lipinski definition) is 1. The van der Waals surface area contributed by atoms with Crippen LogP contribution in [0.25, 0.3) is 10.9 Å². The minimum Gasteiger partial charge on any atom is -0.372 e. The molecule has 3 heterocycles. The van der Waals surface area contributed by atoms with Crippen LogP contribution in [0.15, 0.2) is 24.3 Å². The number of hydrogen-bond acceptors (Lipinski definition) is 6. The van der Waals surface area contributed by atoms with E-state index in [0.717, 1.165) is 45.6 Å². The van der Waals surface area contributed by atoms with E-state index in [1.165, 1.54) is 0 Å². The topological polar surface area (TPSA) is 75.2 Å². The maximum atomic E-state index is 13.5. The smallest absolute Gasteiger partial charge is 0.257 e. The molecule has 1 aliphatic carbocycles. The quantitative estimate of drug-likeness (QED) is 0.537. The summed E-state index contributed by atoms with van der Waals surface area (Å²) in [5.41, 5.74) is 3.19. The van der Waals surface area contributed by atoms with Crippen LogP contribution in [0.3, 0.4) is 0 Å². The van der Waals surface area contributed by atoms with Gasteiger partial charge in [-0.1, -0.05) is 39.0 Å². The molecule has 0 saturated carbocycles. The number of carbonyl (C=O) groups excluding carboxylic acids is 2. The number of ketones is 1. The molecule has 0 radical (unpaired) electrons. The SMILES string of the molecule is CNc1nc2c(C)cccc2cc1C(=O)N1CCC2(CC1)CC(=O)c1nc(C(C)(C)C)sc1C2. The fourth-order valence-electron chi connectivity index (χ4n) is 5.25. The number of piperidine rings is 1. The highest BCUT2D eigenvalue weighted by Gasteiger charge is 2.44. The van der Waals surface area contributed by atoms with Crippen molar-refractivity contribution >= 4 is 39.7 Å². The van der Waals surface area contributed by atoms with E-state index in [4.69, 9.17) is 9.97 Å². The van der Waals surface area contributed by atoms with E-state index in [9.17, 15) is 9.59 Å². The largest absolute Gasteiger partial charge is 0.372 e. The highest BCUT2D eigenvalue weighted by atomic mass is 32.1. The Morgan fingerprint density at radius 2 is 1.88 bits per heavy atom. The number of nitrogens with zero attached hydrogens (tertiary/aromatic N) is 3. The summed E-state index contributed by atoms with van der Waals surface area (Å²) in [7, 11) is 1.81. The van der Waals surface area contributed by atoms with Crippen LogP contribution in [0.1, 0.15) is 76.3 Å². The molecule has 0 unspecified atom stereocenters. The van der Waals surface area contributed by atoms with Gasteiger partial charge in [0, 0.05) is 42.2 Å². The van der Waals surface area contributed by atoms with Crippen molar-refractivity contribution in [2.75, 3.05) is 25.5 Å². The van der Waals surface area contributed by atoms with Crippen LogP contribution in [-0.2, 0) is 11.8 Å². The normalized spacial score (nSPS) is 17.8. The number of pyridine rings is 1. The monoisotopic (exact) mass is 476 g/mol. The number of rotatable bonds is 2. The zero-order chi connectivity index (χ0) is 24.3. The van der Waals surface area contributed by atoms with Gasteiger partial charge in [0.1, 0.15) is 11.5 Å². The van der Waals surface area contributed by atoms with Gasteiger partial charge in [0.05, 0.1) is 16.1 Å². The maximum Gasteiger partial charge on any atom is 0.257 e. The van der Waals surface area contributed by atoms with Gasteiger partial charge in [-0.25, -0.2) is 9.97 Å². The molecular weight excluding hydrogens is 444 g/mol. The fourth-order valence-corrected chi connectivity index (χ4v) is 6.56. The Hall–Kier alpha value is -2.80. The number of nitrogens with one attached hydrogen (secondary N) is 1. The predicted molar refractivity (Wildman–Crippen MR) is 137 cm³/mol. The van der Waals surface area contributed by atoms with Crippen molar-refractivity contribution in [3.05, 3.63) is 51.0 Å². The van der Waals surface area contributed by atoms with Crippen molar-refractivity contribution in [1.29, 1.82) is 0 Å². The number of amides is 1. The van der Waals surface area contributed by atoms with Crippen LogP contribution >= 0.6 is 11.3 Å². The number of thiazole rings is 1. The summed E-state index contributed by atoms with van der Waals surface area (Å²) in [6, 6.07) is 7.99. The lowest BCUT2D eigenvalue weighted by atomic mass is 9.68. The summed E-state index contributed by atoms with van der Waals surface area (Å²) in [5.74, 6) is 0.786. The molecule has 7 heteroatoms. The van der Waals surface area contributed by atoms with Gasteiger partial charge in [-0.05, 0) is 43.2 Å². The number of para-hydroxylation sites is 1. The minimum atomic E-state index is -0.0624. The van der Waals surface area contributed by atoms with Crippen LogP contribution in [-0.4, -0.2) is 46.7 Å². The maximum absolute atomic E-state index is 13.5. The summed E-state index contributed by atoms with van der Waals surface area (Å²) in [6.45, 7) is 9.77. The van der Waals surface area contributed by atoms with Crippen molar-refractivity contribution in [2.45, 2.75) is 58.8 Å². The lowest BCUT2D eigenvalue weighted by Crippen LogP contribution is -2.46. The van der Waals surface area contributed by atoms with Gasteiger partial charge < -0.3 is 10.2 Å². The number of fused-ring (bicyclic) bond motifs is 2. The second kappa shape index (κ2) is 8.15. The molecule has 6 nitrogen and oxygen atoms in total. The third kappa shape index (κ3) is 3.90. The fraction of sp³-hybridized carbons (Fsp3) is 0.481. The number of Topliss-reactive ketones (excluding diaryl/α,β-unsaturated/α-hetero) is 1. The number of benzene rings is 1. The molecule has 1 aliphatic heterocycles. The zero-order valence-electron chi connectivity index (χ0n) is 20.6. The third-order valence-corrected chi connectivity index (χ3v) is 8.78. The molecule has 0 bridgehead atoms. The standard InChI is InChI=1S/C27H32N4O2S/c1-16-7-6-8-17-13-18(23(28-5)29-21(16)17)24(33)31-11-9-27(10-12-31)14-19(32)22-20(15-27)34-25(30-22)26(2,3)4/h6-8,13H,9-12,14-15H2,1-5H3,(H,28,29). The Morgan fingerprint density at radius 1 is 1.15 bits per heavy atom. The van der Waals surface area contributed by atoms with E-state index in [-0.39, 0.29) is 22.5 Å². The molecule has 178 valence electrons. The Balaban J connectivity index is 1.36. The molecule has 2 aromatic heterocycles. The molecule has 1 spiro atoms. The van der Waals surface area contributed by atoms with Gasteiger partial charge >= 0.3 is 0 Å². The number of likely N-dealkylation sites (tertiary alicyclic amines) is 1. The molecule has 0 atom stereocenters. The summed E-state index contributed by atoms with van der Waals surface area (Å²) >= 11 is 1.70. The Labute approximate surface area is 204 Å². The van der Waals surface area contributed by atoms with E-state index in [1.54, 1.807) is 18.4 Å². The van der Waals surface area contributed by atoms with E-state index >= 15 is 0 Å². The first-order chi connectivity index (χ1) is 16.1. The van der Waals surface area contributed by atoms with Gasteiger partial charge in [0.2, 0.25) is 0 Å². The molecule has 3 aromatic rings. The summed E-state index contributed by atoms with van der Waals surface area (Å²) in [5, 5.41) is 5.12. The van der Waals surface area contributed by atoms with Crippen LogP contribution in [0.2, 0.25) is 0 Å². The summed E-state index contributed by atoms with van der Waals surface area (Å²) in [6.07, 6.45) is 3.10. The number of aromatic nitrogens is 2. The average molecular weight is 477 g/mol. The highest BCUT2D eigenvalue weighted by Crippen LogP contribution is 2.46. The second-order valence-corrected chi connectivity index (χ2v) is 12.0. The van der Waals surface area contributed by atoms with E-state index in [0.29, 0.717) is 36.6 Å². The van der Waals surface area contributed by atoms with Crippen molar-refractivity contribution < 1.29 is 9.59 Å². The minimum absolute atomic E-state index is 0.00532. The lowest BCUT2D eigenvalue weighted by Gasteiger charge is -2.43. The van der Waals surface area contributed by atoms with Crippen molar-refractivity contribution in [3.8, 4) is 0 Å². The summed E-state index contributed by atoms with van der Waals surface area (Å²) < 4.78 is 0. The molecule has 1 amide bonds. The zero-order valence-corrected chi connectivity index (χ0v) is 21.4. The van der Waals surface area contributed by atoms with E-state index in [1.807, 2.05) is 36.1 Å². The molecule has 34 heavy (non-hydrogen) atoms. The van der Waals surface area contributed by atoms with E-state index in [2.05, 4.69) is 26.1 Å². The van der Waals surface area contributed by atoms with Crippen LogP contribution in [0.4, 0.5) is 5.82 Å². The second-order valence-electron chi connectivity index (χ2n) is 10.9. The Bertz CT molecular complexity index is 1300. The van der Waals surface area contributed by atoms with Gasteiger partial charge in [0.25, 0.3) is 5.91 Å². The molecule has 2 aliphatic rings. The van der Waals surface area contributed by atoms with Crippen LogP contribution in [0, 0.1) is 12.3 Å². The number of carbonyl (C=O) groups is 2. The predicted octanol–water partition coefficient (Wildman–Crippen LogP) is 5.39. The van der Waals surface area contributed by atoms with Gasteiger partial charge in [-0.15, -0.1) is 11.3 Å². The number of aryl methyl sites for hydroxylation is 1. The van der Waals surface area contributed by atoms with E-state index < -0.39 is 0 Å². The van der Waals surface area contributed by atoms with Gasteiger partial charge in [-0.2, -0.15) is 0 Å². The summed E-state index contributed by atoms with van der Waals surface area (Å²) in [4.78, 5) is 39.1. The molecule has 1 fully saturated rings. The lowest BCUT2D eigenvalue weighted by molar-refractivity contribution is 0.0522. The Morgan fingerprint density at radius 3 is 2.56 bits per heavy atom. The van der Waals surface area contributed by atoms with Gasteiger partial charge in [0.15, 0.2) is 5.78 Å². The first kappa shape index (κ1) is 23.0. The van der Waals surface area contributed by atoms with Crippen LogP contribution in [0.5, 0.6) is 0 Å². The molecule has 1 N–H and O–H groups in total. The first-order valence-electron chi connectivity index (χ1n) is 12.0. The molecule has 5 rings (SSSR count). The van der Waals surface area contributed by atoms with Crippen molar-refractivity contribution in [3.63, 3.8) is 0 Å². The highest BCUT2D eigenvalue weighted by molar-refractivity contribution is 7.12. The molecule has 1 saturated heterocycles. The average Bonchev–Trinajstić information content (AvgIpc) is 3.24. The van der Waals surface area contributed by atoms with Crippen molar-refractivity contribution in [2.24, 2.45) is 5.41 Å².